The van der Waals surface area contributed by atoms with Crippen LogP contribution in [0.2, 0.25) is 5.02 Å². The van der Waals surface area contributed by atoms with E-state index in [9.17, 15) is 36.3 Å². The summed E-state index contributed by atoms with van der Waals surface area (Å²) in [6.45, 7) is 7.32. The molecule has 2 amide bonds. The van der Waals surface area contributed by atoms with Crippen LogP contribution in [-0.2, 0) is 28.7 Å². The van der Waals surface area contributed by atoms with Gasteiger partial charge in [0.25, 0.3) is 11.5 Å². The number of anilines is 1. The zero-order valence-corrected chi connectivity index (χ0v) is 28.6. The van der Waals surface area contributed by atoms with Crippen molar-refractivity contribution in [1.82, 2.24) is 29.4 Å². The number of nitrogens with one attached hydrogen (secondary N) is 2. The molecule has 3 aromatic rings. The number of benzene rings is 1. The minimum absolute atomic E-state index is 0.00945. The number of aromatic nitrogens is 4. The number of hydrogen-bond donors (Lipinski definition) is 2. The fourth-order valence-electron chi connectivity index (χ4n) is 6.74. The van der Waals surface area contributed by atoms with Gasteiger partial charge in [-0.15, -0.1) is 5.10 Å². The fraction of sp³-hybridized carbons (Fsp3) is 0.545. The van der Waals surface area contributed by atoms with E-state index in [2.05, 4.69) is 20.7 Å². The van der Waals surface area contributed by atoms with Gasteiger partial charge in [-0.25, -0.2) is 13.6 Å². The average Bonchev–Trinajstić information content (AvgIpc) is 3.32. The van der Waals surface area contributed by atoms with Crippen molar-refractivity contribution in [3.05, 3.63) is 62.3 Å². The van der Waals surface area contributed by atoms with Crippen LogP contribution in [0.4, 0.5) is 32.4 Å². The van der Waals surface area contributed by atoms with Crippen LogP contribution in [0, 0.1) is 5.41 Å². The summed E-state index contributed by atoms with van der Waals surface area (Å²) < 4.78 is 76.0. The van der Waals surface area contributed by atoms with Crippen molar-refractivity contribution in [1.29, 1.82) is 0 Å². The van der Waals surface area contributed by atoms with Gasteiger partial charge in [0.05, 0.1) is 27.9 Å². The molecule has 3 aliphatic rings. The van der Waals surface area contributed by atoms with E-state index in [4.69, 9.17) is 16.3 Å². The molecule has 1 saturated heterocycles. The lowest BCUT2D eigenvalue weighted by atomic mass is 9.86. The molecule has 2 fully saturated rings. The van der Waals surface area contributed by atoms with Gasteiger partial charge < -0.3 is 19.9 Å². The first-order valence-electron chi connectivity index (χ1n) is 16.3. The Balaban J connectivity index is 1.44. The van der Waals surface area contributed by atoms with Gasteiger partial charge in [-0.2, -0.15) is 22.7 Å². The topological polar surface area (TPSA) is 123 Å². The molecule has 1 aliphatic heterocycles. The van der Waals surface area contributed by atoms with E-state index < -0.39 is 58.8 Å². The Hall–Kier alpha value is -4.05. The van der Waals surface area contributed by atoms with Gasteiger partial charge in [0.2, 0.25) is 11.7 Å². The highest BCUT2D eigenvalue weighted by Crippen LogP contribution is 2.67. The first-order chi connectivity index (χ1) is 23.3. The first-order valence-corrected chi connectivity index (χ1v) is 16.7. The second-order valence-electron chi connectivity index (χ2n) is 14.0. The van der Waals surface area contributed by atoms with Gasteiger partial charge in [-0.3, -0.25) is 14.5 Å². The van der Waals surface area contributed by atoms with Gasteiger partial charge in [-0.1, -0.05) is 24.6 Å². The summed E-state index contributed by atoms with van der Waals surface area (Å²) in [6, 6.07) is 1.71. The third-order valence-corrected chi connectivity index (χ3v) is 9.73. The monoisotopic (exact) mass is 725 g/mol. The number of allylic oxidation sites excluding steroid dienone is 2. The lowest BCUT2D eigenvalue weighted by molar-refractivity contribution is -0.137. The maximum absolute atomic E-state index is 14.4. The summed E-state index contributed by atoms with van der Waals surface area (Å²) in [5.41, 5.74) is -2.40. The molecular formula is C33H37ClF5N7O4. The van der Waals surface area contributed by atoms with Crippen molar-refractivity contribution in [2.24, 2.45) is 5.41 Å². The van der Waals surface area contributed by atoms with Gasteiger partial charge in [-0.05, 0) is 70.2 Å². The number of alkyl halides is 5. The van der Waals surface area contributed by atoms with Gasteiger partial charge in [0, 0.05) is 37.2 Å². The van der Waals surface area contributed by atoms with Gasteiger partial charge >= 0.3 is 12.3 Å². The van der Waals surface area contributed by atoms with Crippen LogP contribution in [0.15, 0.2) is 29.1 Å². The molecule has 17 heteroatoms. The van der Waals surface area contributed by atoms with Gasteiger partial charge in [0.1, 0.15) is 12.1 Å². The first kappa shape index (κ1) is 35.8. The maximum Gasteiger partial charge on any atom is 0.416 e. The number of hydrogen-bond acceptors (Lipinski definition) is 7. The Kier molecular flexibility index (Phi) is 9.03. The van der Waals surface area contributed by atoms with Crippen LogP contribution < -0.4 is 16.2 Å². The number of carbonyl (C=O) groups excluding carboxylic acids is 2. The van der Waals surface area contributed by atoms with Crippen molar-refractivity contribution < 1.29 is 36.3 Å². The van der Waals surface area contributed by atoms with Crippen molar-refractivity contribution in [2.75, 3.05) is 25.0 Å². The lowest BCUT2D eigenvalue weighted by Gasteiger charge is -2.38. The maximum atomic E-state index is 14.4. The summed E-state index contributed by atoms with van der Waals surface area (Å²) in [6.07, 6.45) is -2.95. The molecule has 270 valence electrons. The molecule has 0 radical (unpaired) electrons. The molecule has 11 nitrogen and oxygen atoms in total. The summed E-state index contributed by atoms with van der Waals surface area (Å²) in [5, 5.41) is 9.92. The largest absolute Gasteiger partial charge is 0.444 e. The Labute approximate surface area is 288 Å². The molecule has 2 atom stereocenters. The Morgan fingerprint density at radius 1 is 1.20 bits per heavy atom. The predicted octanol–water partition coefficient (Wildman–Crippen LogP) is 6.24. The molecule has 0 bridgehead atoms. The molecule has 2 N–H and O–H groups in total. The van der Waals surface area contributed by atoms with Crippen LogP contribution in [0.3, 0.4) is 0 Å². The van der Waals surface area contributed by atoms with E-state index in [1.165, 1.54) is 9.47 Å². The number of piperazine rings is 1. The number of amides is 2. The third-order valence-electron chi connectivity index (χ3n) is 9.41. The smallest absolute Gasteiger partial charge is 0.416 e. The SMILES string of the molecule is CCc1c(C2CNCCN2C(=O)OC(C)(C)C)c(=O)n2nc(C3=CCC4(CC3)CC4(F)F)nc2n1CC(=O)Nc1ccc(C(F)(F)F)cc1Cl. The van der Waals surface area contributed by atoms with Crippen LogP contribution in [0.25, 0.3) is 11.4 Å². The molecule has 1 spiro atoms. The highest BCUT2D eigenvalue weighted by molar-refractivity contribution is 6.33. The minimum atomic E-state index is -4.64. The predicted molar refractivity (Wildman–Crippen MR) is 174 cm³/mol. The third kappa shape index (κ3) is 6.71. The standard InChI is InChI=1S/C33H37ClF5N7O4/c1-5-22-25(23-15-40-12-13-44(23)29(49)50-30(2,3)4)27(48)46-28(42-26(43-46)18-8-10-31(11-9-18)17-32(31,35)36)45(22)16-24(47)41-21-7-6-19(14-20(21)34)33(37,38)39/h6-8,14,23,40H,5,9-13,15-17H2,1-4H3,(H,41,47). The number of rotatable bonds is 6. The van der Waals surface area contributed by atoms with Gasteiger partial charge in [0.15, 0.2) is 5.82 Å². The number of nitrogens with zero attached hydrogens (tertiary/aromatic N) is 5. The van der Waals surface area contributed by atoms with Crippen molar-refractivity contribution in [2.45, 2.75) is 90.1 Å². The fourth-order valence-corrected chi connectivity index (χ4v) is 6.97. The van der Waals surface area contributed by atoms with Crippen molar-refractivity contribution in [3.63, 3.8) is 0 Å². The van der Waals surface area contributed by atoms with E-state index >= 15 is 0 Å². The Bertz CT molecular complexity index is 1950. The highest BCUT2D eigenvalue weighted by atomic mass is 35.5. The van der Waals surface area contributed by atoms with Crippen molar-refractivity contribution >= 4 is 40.6 Å². The van der Waals surface area contributed by atoms with Crippen molar-refractivity contribution in [3.8, 4) is 0 Å². The van der Waals surface area contributed by atoms with E-state index in [0.29, 0.717) is 23.9 Å². The van der Waals surface area contributed by atoms with E-state index in [1.54, 1.807) is 33.8 Å². The van der Waals surface area contributed by atoms with Crippen LogP contribution in [0.5, 0.6) is 0 Å². The minimum Gasteiger partial charge on any atom is -0.444 e. The molecule has 1 saturated carbocycles. The highest BCUT2D eigenvalue weighted by Gasteiger charge is 2.70. The Morgan fingerprint density at radius 3 is 2.50 bits per heavy atom. The molecule has 1 aromatic carbocycles. The second kappa shape index (κ2) is 12.6. The average molecular weight is 726 g/mol. The summed E-state index contributed by atoms with van der Waals surface area (Å²) in [4.78, 5) is 47.4. The normalized spacial score (nSPS) is 22.1. The van der Waals surface area contributed by atoms with Crippen LogP contribution >= 0.6 is 11.6 Å². The van der Waals surface area contributed by atoms with E-state index in [1.807, 2.05) is 0 Å². The second-order valence-corrected chi connectivity index (χ2v) is 14.4. The summed E-state index contributed by atoms with van der Waals surface area (Å²) >= 11 is 6.11. The molecular weight excluding hydrogens is 689 g/mol. The zero-order chi connectivity index (χ0) is 36.4. The van der Waals surface area contributed by atoms with E-state index in [-0.39, 0.29) is 73.1 Å². The van der Waals surface area contributed by atoms with Crippen LogP contribution in [0.1, 0.15) is 82.1 Å². The zero-order valence-electron chi connectivity index (χ0n) is 27.9. The quantitative estimate of drug-likeness (QED) is 0.289. The lowest BCUT2D eigenvalue weighted by Crippen LogP contribution is -2.52. The van der Waals surface area contributed by atoms with E-state index in [0.717, 1.165) is 16.6 Å². The molecule has 6 rings (SSSR count). The summed E-state index contributed by atoms with van der Waals surface area (Å²) in [5.74, 6) is -3.28. The molecule has 2 aromatic heterocycles. The number of carbonyl (C=O) groups is 2. The van der Waals surface area contributed by atoms with Crippen LogP contribution in [-0.4, -0.2) is 67.2 Å². The number of fused-ring (bicyclic) bond motifs is 1. The Morgan fingerprint density at radius 2 is 1.92 bits per heavy atom. The summed E-state index contributed by atoms with van der Waals surface area (Å²) in [7, 11) is 0. The number of halogens is 6. The molecule has 2 aliphatic carbocycles. The molecule has 3 heterocycles. The molecule has 50 heavy (non-hydrogen) atoms. The number of ether oxygens (including phenoxy) is 1. The molecule has 2 unspecified atom stereocenters.